The molecular formula is C7H8N4S. The molecule has 0 saturated heterocycles. The molecule has 0 amide bonds. The lowest BCUT2D eigenvalue weighted by Gasteiger charge is -1.95. The van der Waals surface area contributed by atoms with Crippen LogP contribution in [0.2, 0.25) is 0 Å². The molecule has 5 heteroatoms. The van der Waals surface area contributed by atoms with Crippen LogP contribution < -0.4 is 0 Å². The molecule has 2 heterocycles. The number of aryl methyl sites for hydroxylation is 2. The smallest absolute Gasteiger partial charge is 0.214 e. The van der Waals surface area contributed by atoms with Gasteiger partial charge in [-0.2, -0.15) is 4.37 Å². The number of hydrogen-bond donors (Lipinski definition) is 0. The molecular weight excluding hydrogens is 172 g/mol. The number of aromatic nitrogens is 4. The van der Waals surface area contributed by atoms with Gasteiger partial charge in [-0.3, -0.25) is 4.57 Å². The molecule has 0 aromatic carbocycles. The number of nitrogens with zero attached hydrogens (tertiary/aromatic N) is 4. The Morgan fingerprint density at radius 3 is 2.75 bits per heavy atom. The lowest BCUT2D eigenvalue weighted by molar-refractivity contribution is 0.949. The molecule has 0 N–H and O–H groups in total. The minimum absolute atomic E-state index is 0.808. The number of rotatable bonds is 1. The van der Waals surface area contributed by atoms with Gasteiger partial charge in [-0.05, 0) is 13.8 Å². The Balaban J connectivity index is 2.50. The van der Waals surface area contributed by atoms with Gasteiger partial charge >= 0.3 is 0 Å². The van der Waals surface area contributed by atoms with E-state index in [1.54, 1.807) is 6.20 Å². The van der Waals surface area contributed by atoms with E-state index >= 15 is 0 Å². The van der Waals surface area contributed by atoms with E-state index in [0.717, 1.165) is 16.8 Å². The predicted octanol–water partition coefficient (Wildman–Crippen LogP) is 1.34. The van der Waals surface area contributed by atoms with Crippen molar-refractivity contribution in [3.05, 3.63) is 24.0 Å². The van der Waals surface area contributed by atoms with Crippen molar-refractivity contribution < 1.29 is 0 Å². The van der Waals surface area contributed by atoms with Crippen molar-refractivity contribution in [2.75, 3.05) is 0 Å². The molecule has 0 radical (unpaired) electrons. The van der Waals surface area contributed by atoms with Crippen molar-refractivity contribution in [3.8, 4) is 5.13 Å². The average Bonchev–Trinajstić information content (AvgIpc) is 2.58. The molecule has 62 valence electrons. The Hall–Kier alpha value is -1.23. The Kier molecular flexibility index (Phi) is 1.65. The van der Waals surface area contributed by atoms with Gasteiger partial charge in [0.25, 0.3) is 0 Å². The lowest BCUT2D eigenvalue weighted by atomic mass is 10.7. The summed E-state index contributed by atoms with van der Waals surface area (Å²) >= 11 is 1.38. The van der Waals surface area contributed by atoms with Crippen LogP contribution in [0.3, 0.4) is 0 Å². The van der Waals surface area contributed by atoms with Crippen LogP contribution in [0, 0.1) is 13.8 Å². The first kappa shape index (κ1) is 7.42. The topological polar surface area (TPSA) is 43.6 Å². The van der Waals surface area contributed by atoms with Crippen molar-refractivity contribution in [2.45, 2.75) is 13.8 Å². The molecule has 0 unspecified atom stereocenters. The van der Waals surface area contributed by atoms with Crippen LogP contribution in [0.4, 0.5) is 0 Å². The molecule has 12 heavy (non-hydrogen) atoms. The second-order valence-electron chi connectivity index (χ2n) is 2.47. The van der Waals surface area contributed by atoms with Crippen LogP contribution in [0.5, 0.6) is 0 Å². The summed E-state index contributed by atoms with van der Waals surface area (Å²) in [6.07, 6.45) is 3.64. The van der Waals surface area contributed by atoms with Crippen molar-refractivity contribution in [1.29, 1.82) is 0 Å². The fourth-order valence-corrected chi connectivity index (χ4v) is 1.67. The minimum Gasteiger partial charge on any atom is -0.278 e. The van der Waals surface area contributed by atoms with Crippen molar-refractivity contribution in [1.82, 2.24) is 18.9 Å². The molecule has 0 saturated carbocycles. The van der Waals surface area contributed by atoms with Gasteiger partial charge in [0.1, 0.15) is 11.6 Å². The summed E-state index contributed by atoms with van der Waals surface area (Å²) in [6, 6.07) is 0. The molecule has 0 aliphatic rings. The molecule has 0 aliphatic heterocycles. The van der Waals surface area contributed by atoms with Gasteiger partial charge in [0.15, 0.2) is 0 Å². The van der Waals surface area contributed by atoms with Crippen LogP contribution in [0.1, 0.15) is 11.6 Å². The van der Waals surface area contributed by atoms with Crippen LogP contribution in [-0.4, -0.2) is 18.9 Å². The molecule has 0 spiro atoms. The highest BCUT2D eigenvalue weighted by atomic mass is 32.1. The van der Waals surface area contributed by atoms with E-state index in [2.05, 4.69) is 14.3 Å². The van der Waals surface area contributed by atoms with Crippen LogP contribution in [-0.2, 0) is 0 Å². The molecule has 4 nitrogen and oxygen atoms in total. The van der Waals surface area contributed by atoms with Gasteiger partial charge < -0.3 is 0 Å². The third-order valence-corrected chi connectivity index (χ3v) is 2.36. The maximum atomic E-state index is 4.24. The number of imidazole rings is 1. The molecule has 2 aromatic heterocycles. The fraction of sp³-hybridized carbons (Fsp3) is 0.286. The summed E-state index contributed by atoms with van der Waals surface area (Å²) in [6.45, 7) is 3.82. The Morgan fingerprint density at radius 1 is 1.42 bits per heavy atom. The van der Waals surface area contributed by atoms with E-state index in [-0.39, 0.29) is 0 Å². The summed E-state index contributed by atoms with van der Waals surface area (Å²) in [4.78, 5) is 8.35. The van der Waals surface area contributed by atoms with Gasteiger partial charge in [0.2, 0.25) is 5.13 Å². The van der Waals surface area contributed by atoms with Gasteiger partial charge in [0.05, 0.1) is 0 Å². The first-order valence-electron chi connectivity index (χ1n) is 3.58. The van der Waals surface area contributed by atoms with E-state index in [4.69, 9.17) is 0 Å². The maximum absolute atomic E-state index is 4.24. The normalized spacial score (nSPS) is 10.5. The largest absolute Gasteiger partial charge is 0.278 e. The lowest BCUT2D eigenvalue weighted by Crippen LogP contribution is -1.94. The highest BCUT2D eigenvalue weighted by molar-refractivity contribution is 7.08. The van der Waals surface area contributed by atoms with Gasteiger partial charge in [-0.25, -0.2) is 9.97 Å². The molecule has 0 bridgehead atoms. The summed E-state index contributed by atoms with van der Waals surface area (Å²) in [5.41, 5.74) is 0. The molecule has 0 atom stereocenters. The minimum atomic E-state index is 0.808. The second-order valence-corrected chi connectivity index (χ2v) is 3.20. The molecule has 2 aromatic rings. The zero-order valence-corrected chi connectivity index (χ0v) is 7.67. The summed E-state index contributed by atoms with van der Waals surface area (Å²) < 4.78 is 6.02. The molecule has 2 rings (SSSR count). The standard InChI is InChI=1S/C7H8N4S/c1-5-9-7(12-10-5)11-4-3-8-6(11)2/h3-4H,1-2H3. The first-order chi connectivity index (χ1) is 5.77. The van der Waals surface area contributed by atoms with Crippen molar-refractivity contribution in [3.63, 3.8) is 0 Å². The van der Waals surface area contributed by atoms with E-state index < -0.39 is 0 Å². The monoisotopic (exact) mass is 180 g/mol. The average molecular weight is 180 g/mol. The van der Waals surface area contributed by atoms with Crippen LogP contribution >= 0.6 is 11.5 Å². The van der Waals surface area contributed by atoms with Gasteiger partial charge in [-0.1, -0.05) is 0 Å². The van der Waals surface area contributed by atoms with Crippen LogP contribution in [0.15, 0.2) is 12.4 Å². The fourth-order valence-electron chi connectivity index (χ4n) is 0.964. The zero-order chi connectivity index (χ0) is 8.55. The van der Waals surface area contributed by atoms with E-state index in [9.17, 15) is 0 Å². The summed E-state index contributed by atoms with van der Waals surface area (Å²) in [5, 5.41) is 0.877. The zero-order valence-electron chi connectivity index (χ0n) is 6.85. The van der Waals surface area contributed by atoms with Crippen molar-refractivity contribution in [2.24, 2.45) is 0 Å². The van der Waals surface area contributed by atoms with Gasteiger partial charge in [-0.15, -0.1) is 0 Å². The SMILES string of the molecule is Cc1nsc(-n2ccnc2C)n1. The second kappa shape index (κ2) is 2.67. The number of hydrogen-bond acceptors (Lipinski definition) is 4. The summed E-state index contributed by atoms with van der Waals surface area (Å²) in [5.74, 6) is 1.74. The Morgan fingerprint density at radius 2 is 2.25 bits per heavy atom. The molecule has 0 fully saturated rings. The summed E-state index contributed by atoms with van der Waals surface area (Å²) in [7, 11) is 0. The highest BCUT2D eigenvalue weighted by Gasteiger charge is 2.04. The highest BCUT2D eigenvalue weighted by Crippen LogP contribution is 2.11. The molecule has 0 aliphatic carbocycles. The van der Waals surface area contributed by atoms with Gasteiger partial charge in [0, 0.05) is 23.9 Å². The third kappa shape index (κ3) is 1.12. The predicted molar refractivity (Wildman–Crippen MR) is 46.5 cm³/mol. The maximum Gasteiger partial charge on any atom is 0.214 e. The van der Waals surface area contributed by atoms with E-state index in [1.807, 2.05) is 24.6 Å². The van der Waals surface area contributed by atoms with E-state index in [1.165, 1.54) is 11.5 Å². The Labute approximate surface area is 74.1 Å². The quantitative estimate of drug-likeness (QED) is 0.665. The Bertz CT molecular complexity index is 390. The van der Waals surface area contributed by atoms with E-state index in [0.29, 0.717) is 0 Å². The first-order valence-corrected chi connectivity index (χ1v) is 4.35. The van der Waals surface area contributed by atoms with Crippen LogP contribution in [0.25, 0.3) is 5.13 Å². The third-order valence-electron chi connectivity index (χ3n) is 1.55. The van der Waals surface area contributed by atoms with Crippen molar-refractivity contribution >= 4 is 11.5 Å².